The van der Waals surface area contributed by atoms with E-state index in [1.54, 1.807) is 6.33 Å². The van der Waals surface area contributed by atoms with E-state index in [2.05, 4.69) is 28.0 Å². The molecule has 1 fully saturated rings. The Morgan fingerprint density at radius 2 is 2.29 bits per heavy atom. The molecule has 1 aliphatic heterocycles. The number of hydrogen-bond donors (Lipinski definition) is 1. The predicted octanol–water partition coefficient (Wildman–Crippen LogP) is 0.999. The van der Waals surface area contributed by atoms with Gasteiger partial charge in [-0.3, -0.25) is 0 Å². The van der Waals surface area contributed by atoms with Crippen molar-refractivity contribution in [3.8, 4) is 0 Å². The van der Waals surface area contributed by atoms with Crippen molar-refractivity contribution in [1.29, 1.82) is 0 Å². The first kappa shape index (κ1) is 10.5. The van der Waals surface area contributed by atoms with Crippen molar-refractivity contribution in [2.75, 3.05) is 18.0 Å². The molecule has 2 aromatic rings. The molecule has 0 saturated carbocycles. The average Bonchev–Trinajstić information content (AvgIpc) is 2.75. The maximum Gasteiger partial charge on any atom is 0.157 e. The van der Waals surface area contributed by atoms with Gasteiger partial charge in [0.2, 0.25) is 0 Å². The lowest BCUT2D eigenvalue weighted by molar-refractivity contribution is 0.153. The number of piperidine rings is 1. The molecular formula is C12H16N4O. The van der Waals surface area contributed by atoms with Crippen molar-refractivity contribution >= 4 is 11.5 Å². The van der Waals surface area contributed by atoms with Crippen molar-refractivity contribution in [3.63, 3.8) is 0 Å². The van der Waals surface area contributed by atoms with Crippen LogP contribution in [0.25, 0.3) is 5.65 Å². The van der Waals surface area contributed by atoms with Crippen molar-refractivity contribution < 1.29 is 5.11 Å². The largest absolute Gasteiger partial charge is 0.391 e. The standard InChI is InChI=1S/C12H16N4O/c1-9-5-11-13-8-14-16(11)12(6-9)15-4-2-3-10(17)7-15/h5-6,8,10,17H,2-4,7H2,1H3/t10-/m0/s1. The zero-order valence-electron chi connectivity index (χ0n) is 9.87. The minimum absolute atomic E-state index is 0.233. The van der Waals surface area contributed by atoms with E-state index in [4.69, 9.17) is 0 Å². The molecule has 0 spiro atoms. The monoisotopic (exact) mass is 232 g/mol. The fourth-order valence-corrected chi connectivity index (χ4v) is 2.42. The molecule has 17 heavy (non-hydrogen) atoms. The van der Waals surface area contributed by atoms with Crippen LogP contribution in [0.1, 0.15) is 18.4 Å². The van der Waals surface area contributed by atoms with E-state index in [0.29, 0.717) is 6.54 Å². The maximum absolute atomic E-state index is 9.75. The van der Waals surface area contributed by atoms with E-state index in [1.165, 1.54) is 5.56 Å². The summed E-state index contributed by atoms with van der Waals surface area (Å²) in [6.45, 7) is 3.70. The van der Waals surface area contributed by atoms with Gasteiger partial charge < -0.3 is 10.0 Å². The molecule has 5 heteroatoms. The lowest BCUT2D eigenvalue weighted by Crippen LogP contribution is -2.39. The summed E-state index contributed by atoms with van der Waals surface area (Å²) in [4.78, 5) is 6.40. The molecule has 0 aliphatic carbocycles. The number of β-amino-alcohol motifs (C(OH)–C–C–N with tert-alkyl or cyclic N) is 1. The molecule has 0 unspecified atom stereocenters. The van der Waals surface area contributed by atoms with E-state index < -0.39 is 0 Å². The second-order valence-electron chi connectivity index (χ2n) is 4.66. The number of nitrogens with zero attached hydrogens (tertiary/aromatic N) is 4. The molecular weight excluding hydrogens is 216 g/mol. The summed E-state index contributed by atoms with van der Waals surface area (Å²) in [7, 11) is 0. The predicted molar refractivity (Wildman–Crippen MR) is 65.2 cm³/mol. The Morgan fingerprint density at radius 3 is 3.12 bits per heavy atom. The number of anilines is 1. The Hall–Kier alpha value is -1.62. The van der Waals surface area contributed by atoms with E-state index in [9.17, 15) is 5.11 Å². The number of aryl methyl sites for hydroxylation is 1. The lowest BCUT2D eigenvalue weighted by Gasteiger charge is -2.32. The summed E-state index contributed by atoms with van der Waals surface area (Å²) < 4.78 is 1.84. The first-order valence-electron chi connectivity index (χ1n) is 5.97. The van der Waals surface area contributed by atoms with E-state index >= 15 is 0 Å². The van der Waals surface area contributed by atoms with Crippen LogP contribution in [0, 0.1) is 6.92 Å². The second-order valence-corrected chi connectivity index (χ2v) is 4.66. The maximum atomic E-state index is 9.75. The highest BCUT2D eigenvalue weighted by Crippen LogP contribution is 2.21. The quantitative estimate of drug-likeness (QED) is 0.797. The van der Waals surface area contributed by atoms with Gasteiger partial charge in [-0.05, 0) is 37.5 Å². The second kappa shape index (κ2) is 4.00. The number of aliphatic hydroxyl groups excluding tert-OH is 1. The highest BCUT2D eigenvalue weighted by molar-refractivity contribution is 5.53. The Kier molecular flexibility index (Phi) is 2.48. The number of rotatable bonds is 1. The van der Waals surface area contributed by atoms with Crippen LogP contribution in [0.2, 0.25) is 0 Å². The third-order valence-electron chi connectivity index (χ3n) is 3.23. The summed E-state index contributed by atoms with van der Waals surface area (Å²) in [6.07, 6.45) is 3.25. The Balaban J connectivity index is 2.06. The van der Waals surface area contributed by atoms with Crippen LogP contribution in [0.5, 0.6) is 0 Å². The summed E-state index contributed by atoms with van der Waals surface area (Å²) >= 11 is 0. The highest BCUT2D eigenvalue weighted by Gasteiger charge is 2.20. The SMILES string of the molecule is Cc1cc(N2CCC[C@H](O)C2)n2ncnc2c1. The van der Waals surface area contributed by atoms with Crippen molar-refractivity contribution in [1.82, 2.24) is 14.6 Å². The van der Waals surface area contributed by atoms with Crippen molar-refractivity contribution in [2.24, 2.45) is 0 Å². The van der Waals surface area contributed by atoms with E-state index in [1.807, 2.05) is 10.6 Å². The molecule has 2 aromatic heterocycles. The fourth-order valence-electron chi connectivity index (χ4n) is 2.42. The summed E-state index contributed by atoms with van der Waals surface area (Å²) in [6, 6.07) is 4.11. The normalized spacial score (nSPS) is 21.1. The fraction of sp³-hybridized carbons (Fsp3) is 0.500. The molecule has 90 valence electrons. The molecule has 3 rings (SSSR count). The van der Waals surface area contributed by atoms with Crippen LogP contribution in [0.15, 0.2) is 18.5 Å². The molecule has 0 radical (unpaired) electrons. The molecule has 0 aromatic carbocycles. The number of aliphatic hydroxyl groups is 1. The van der Waals surface area contributed by atoms with Gasteiger partial charge in [0, 0.05) is 13.1 Å². The molecule has 1 atom stereocenters. The Labute approximate surface area is 99.7 Å². The molecule has 0 bridgehead atoms. The molecule has 3 heterocycles. The number of pyridine rings is 1. The molecule has 5 nitrogen and oxygen atoms in total. The van der Waals surface area contributed by atoms with Crippen LogP contribution >= 0.6 is 0 Å². The zero-order chi connectivity index (χ0) is 11.8. The smallest absolute Gasteiger partial charge is 0.157 e. The van der Waals surface area contributed by atoms with Gasteiger partial charge >= 0.3 is 0 Å². The van der Waals surface area contributed by atoms with Gasteiger partial charge in [-0.2, -0.15) is 9.61 Å². The van der Waals surface area contributed by atoms with Crippen LogP contribution in [-0.2, 0) is 0 Å². The van der Waals surface area contributed by atoms with Gasteiger partial charge in [0.05, 0.1) is 6.10 Å². The third kappa shape index (κ3) is 1.86. The van der Waals surface area contributed by atoms with Crippen LogP contribution in [-0.4, -0.2) is 38.9 Å². The molecule has 1 aliphatic rings. The van der Waals surface area contributed by atoms with E-state index in [-0.39, 0.29) is 6.10 Å². The average molecular weight is 232 g/mol. The van der Waals surface area contributed by atoms with Gasteiger partial charge in [-0.1, -0.05) is 0 Å². The third-order valence-corrected chi connectivity index (χ3v) is 3.23. The Bertz CT molecular complexity index is 536. The Morgan fingerprint density at radius 1 is 1.41 bits per heavy atom. The number of aromatic nitrogens is 3. The van der Waals surface area contributed by atoms with Crippen molar-refractivity contribution in [2.45, 2.75) is 25.9 Å². The van der Waals surface area contributed by atoms with Gasteiger partial charge in [-0.15, -0.1) is 0 Å². The minimum Gasteiger partial charge on any atom is -0.391 e. The number of fused-ring (bicyclic) bond motifs is 1. The molecule has 1 N–H and O–H groups in total. The van der Waals surface area contributed by atoms with Crippen LogP contribution < -0.4 is 4.90 Å². The minimum atomic E-state index is -0.233. The lowest BCUT2D eigenvalue weighted by atomic mass is 10.1. The van der Waals surface area contributed by atoms with Gasteiger partial charge in [0.15, 0.2) is 5.65 Å². The highest BCUT2D eigenvalue weighted by atomic mass is 16.3. The summed E-state index contributed by atoms with van der Waals surface area (Å²) in [5, 5.41) is 14.0. The first-order valence-corrected chi connectivity index (χ1v) is 5.97. The number of hydrogen-bond acceptors (Lipinski definition) is 4. The van der Waals surface area contributed by atoms with Gasteiger partial charge in [0.1, 0.15) is 12.1 Å². The first-order chi connectivity index (χ1) is 8.24. The van der Waals surface area contributed by atoms with E-state index in [0.717, 1.165) is 30.9 Å². The molecule has 1 saturated heterocycles. The van der Waals surface area contributed by atoms with Crippen molar-refractivity contribution in [3.05, 3.63) is 24.0 Å². The van der Waals surface area contributed by atoms with Crippen LogP contribution in [0.3, 0.4) is 0 Å². The summed E-state index contributed by atoms with van der Waals surface area (Å²) in [5.41, 5.74) is 2.03. The summed E-state index contributed by atoms with van der Waals surface area (Å²) in [5.74, 6) is 1.02. The topological polar surface area (TPSA) is 53.7 Å². The van der Waals surface area contributed by atoms with Gasteiger partial charge in [0.25, 0.3) is 0 Å². The van der Waals surface area contributed by atoms with Crippen LogP contribution in [0.4, 0.5) is 5.82 Å². The zero-order valence-corrected chi connectivity index (χ0v) is 9.87. The molecule has 0 amide bonds. The van der Waals surface area contributed by atoms with Gasteiger partial charge in [-0.25, -0.2) is 4.98 Å².